The maximum atomic E-state index is 5.52. The Labute approximate surface area is 131 Å². The molecule has 21 heavy (non-hydrogen) atoms. The van der Waals surface area contributed by atoms with Gasteiger partial charge in [-0.1, -0.05) is 26.7 Å². The van der Waals surface area contributed by atoms with Crippen molar-refractivity contribution in [2.24, 2.45) is 11.8 Å². The zero-order valence-corrected chi connectivity index (χ0v) is 14.4. The van der Waals surface area contributed by atoms with Crippen molar-refractivity contribution in [1.82, 2.24) is 10.2 Å². The van der Waals surface area contributed by atoms with Gasteiger partial charge in [-0.3, -0.25) is 0 Å². The van der Waals surface area contributed by atoms with Crippen molar-refractivity contribution in [2.45, 2.75) is 70.9 Å². The van der Waals surface area contributed by atoms with Gasteiger partial charge in [0, 0.05) is 32.8 Å². The minimum absolute atomic E-state index is 0.474. The average Bonchev–Trinajstić information content (AvgIpc) is 2.94. The molecule has 0 aromatic heterocycles. The Bertz CT molecular complexity index is 284. The van der Waals surface area contributed by atoms with Crippen LogP contribution in [0.3, 0.4) is 0 Å². The molecule has 0 aromatic carbocycles. The fourth-order valence-electron chi connectivity index (χ4n) is 4.32. The molecular formula is C18H36N2O. The summed E-state index contributed by atoms with van der Waals surface area (Å²) in [5.41, 5.74) is 0. The van der Waals surface area contributed by atoms with Crippen molar-refractivity contribution >= 4 is 0 Å². The van der Waals surface area contributed by atoms with E-state index in [9.17, 15) is 0 Å². The Morgan fingerprint density at radius 1 is 1.14 bits per heavy atom. The van der Waals surface area contributed by atoms with E-state index in [-0.39, 0.29) is 0 Å². The van der Waals surface area contributed by atoms with Crippen molar-refractivity contribution in [3.8, 4) is 0 Å². The molecule has 0 aromatic rings. The monoisotopic (exact) mass is 296 g/mol. The highest BCUT2D eigenvalue weighted by Gasteiger charge is 2.32. The summed E-state index contributed by atoms with van der Waals surface area (Å²) in [5, 5.41) is 3.83. The number of methoxy groups -OCH3 is 1. The molecule has 0 spiro atoms. The fourth-order valence-corrected chi connectivity index (χ4v) is 4.32. The van der Waals surface area contributed by atoms with E-state index in [0.29, 0.717) is 6.10 Å². The van der Waals surface area contributed by atoms with Crippen molar-refractivity contribution in [3.63, 3.8) is 0 Å². The molecule has 3 nitrogen and oxygen atoms in total. The van der Waals surface area contributed by atoms with Crippen LogP contribution in [0.5, 0.6) is 0 Å². The Hall–Kier alpha value is -0.120. The fraction of sp³-hybridized carbons (Fsp3) is 1.00. The molecular weight excluding hydrogens is 260 g/mol. The number of likely N-dealkylation sites (tertiary alicyclic amines) is 1. The Morgan fingerprint density at radius 2 is 2.00 bits per heavy atom. The molecule has 2 rings (SSSR count). The molecule has 2 aliphatic rings. The first-order valence-corrected chi connectivity index (χ1v) is 9.25. The molecule has 0 radical (unpaired) electrons. The molecule has 4 unspecified atom stereocenters. The summed E-state index contributed by atoms with van der Waals surface area (Å²) in [5.74, 6) is 1.82. The molecule has 4 atom stereocenters. The summed E-state index contributed by atoms with van der Waals surface area (Å²) in [4.78, 5) is 2.65. The van der Waals surface area contributed by atoms with Gasteiger partial charge in [-0.2, -0.15) is 0 Å². The van der Waals surface area contributed by atoms with Crippen molar-refractivity contribution < 1.29 is 4.74 Å². The number of rotatable bonds is 8. The minimum Gasteiger partial charge on any atom is -0.380 e. The first-order valence-electron chi connectivity index (χ1n) is 9.25. The van der Waals surface area contributed by atoms with E-state index >= 15 is 0 Å². The van der Waals surface area contributed by atoms with Crippen LogP contribution in [0, 0.1) is 11.8 Å². The summed E-state index contributed by atoms with van der Waals surface area (Å²) in [7, 11) is 1.86. The van der Waals surface area contributed by atoms with Gasteiger partial charge >= 0.3 is 0 Å². The molecule has 1 saturated carbocycles. The van der Waals surface area contributed by atoms with E-state index in [1.165, 1.54) is 64.6 Å². The maximum Gasteiger partial charge on any atom is 0.0710 e. The predicted octanol–water partition coefficient (Wildman–Crippen LogP) is 3.29. The number of ether oxygens (including phenoxy) is 1. The molecule has 1 aliphatic carbocycles. The van der Waals surface area contributed by atoms with Gasteiger partial charge in [0.05, 0.1) is 6.10 Å². The lowest BCUT2D eigenvalue weighted by Crippen LogP contribution is -2.46. The zero-order valence-electron chi connectivity index (χ0n) is 14.4. The first-order chi connectivity index (χ1) is 10.3. The van der Waals surface area contributed by atoms with Crippen LogP contribution in [0.1, 0.15) is 58.8 Å². The number of hydrogen-bond donors (Lipinski definition) is 1. The van der Waals surface area contributed by atoms with Gasteiger partial charge in [0.15, 0.2) is 0 Å². The largest absolute Gasteiger partial charge is 0.380 e. The van der Waals surface area contributed by atoms with E-state index in [4.69, 9.17) is 4.74 Å². The number of nitrogens with one attached hydrogen (secondary N) is 1. The Morgan fingerprint density at radius 3 is 2.67 bits per heavy atom. The van der Waals surface area contributed by atoms with E-state index in [1.807, 2.05) is 7.11 Å². The van der Waals surface area contributed by atoms with Gasteiger partial charge in [-0.25, -0.2) is 0 Å². The molecule has 2 fully saturated rings. The van der Waals surface area contributed by atoms with Crippen molar-refractivity contribution in [3.05, 3.63) is 0 Å². The van der Waals surface area contributed by atoms with Crippen LogP contribution < -0.4 is 5.32 Å². The molecule has 1 N–H and O–H groups in total. The lowest BCUT2D eigenvalue weighted by molar-refractivity contribution is 0.0973. The lowest BCUT2D eigenvalue weighted by Gasteiger charge is -2.39. The second-order valence-electron chi connectivity index (χ2n) is 7.19. The van der Waals surface area contributed by atoms with E-state index < -0.39 is 0 Å². The van der Waals surface area contributed by atoms with Crippen LogP contribution in [0.4, 0.5) is 0 Å². The van der Waals surface area contributed by atoms with E-state index in [2.05, 4.69) is 24.1 Å². The number of hydrogen-bond acceptors (Lipinski definition) is 3. The molecule has 1 saturated heterocycles. The van der Waals surface area contributed by atoms with E-state index in [1.54, 1.807) is 0 Å². The maximum absolute atomic E-state index is 5.52. The van der Waals surface area contributed by atoms with Crippen molar-refractivity contribution in [1.29, 1.82) is 0 Å². The Kier molecular flexibility index (Phi) is 7.48. The first kappa shape index (κ1) is 17.2. The highest BCUT2D eigenvalue weighted by Crippen LogP contribution is 2.33. The molecule has 1 heterocycles. The smallest absolute Gasteiger partial charge is 0.0710 e. The van der Waals surface area contributed by atoms with Gasteiger partial charge in [0.1, 0.15) is 0 Å². The average molecular weight is 296 g/mol. The highest BCUT2D eigenvalue weighted by atomic mass is 16.5. The van der Waals surface area contributed by atoms with Gasteiger partial charge < -0.3 is 15.0 Å². The van der Waals surface area contributed by atoms with Crippen LogP contribution in [-0.2, 0) is 4.74 Å². The summed E-state index contributed by atoms with van der Waals surface area (Å²) in [6, 6.07) is 0.750. The van der Waals surface area contributed by atoms with Gasteiger partial charge in [0.2, 0.25) is 0 Å². The summed E-state index contributed by atoms with van der Waals surface area (Å²) in [6.45, 7) is 9.44. The number of nitrogens with zero attached hydrogens (tertiary/aromatic N) is 1. The van der Waals surface area contributed by atoms with Gasteiger partial charge in [-0.15, -0.1) is 0 Å². The molecule has 0 bridgehead atoms. The second-order valence-corrected chi connectivity index (χ2v) is 7.19. The quantitative estimate of drug-likeness (QED) is 0.744. The predicted molar refractivity (Wildman–Crippen MR) is 89.7 cm³/mol. The summed E-state index contributed by atoms with van der Waals surface area (Å²) in [6.07, 6.45) is 9.97. The van der Waals surface area contributed by atoms with Gasteiger partial charge in [0.25, 0.3) is 0 Å². The summed E-state index contributed by atoms with van der Waals surface area (Å²) < 4.78 is 5.52. The second kappa shape index (κ2) is 9.12. The Balaban J connectivity index is 1.86. The molecule has 124 valence electrons. The van der Waals surface area contributed by atoms with E-state index in [0.717, 1.165) is 24.4 Å². The molecule has 0 amide bonds. The normalized spacial score (nSPS) is 34.4. The standard InChI is InChI=1S/C18H36N2O/c1-4-6-15-7-8-18(19-10-5-2)16(12-15)13-20-11-9-17(14-20)21-3/h15-19H,4-14H2,1-3H3. The SMILES string of the molecule is CCCNC1CCC(CCC)CC1CN1CCC(OC)C1. The zero-order chi connectivity index (χ0) is 15.1. The minimum atomic E-state index is 0.474. The van der Waals surface area contributed by atoms with Gasteiger partial charge in [-0.05, 0) is 50.5 Å². The van der Waals surface area contributed by atoms with Crippen LogP contribution in [-0.4, -0.2) is 50.3 Å². The third kappa shape index (κ3) is 5.22. The topological polar surface area (TPSA) is 24.5 Å². The van der Waals surface area contributed by atoms with Crippen molar-refractivity contribution in [2.75, 3.05) is 33.3 Å². The van der Waals surface area contributed by atoms with Crippen LogP contribution in [0.2, 0.25) is 0 Å². The highest BCUT2D eigenvalue weighted by molar-refractivity contribution is 4.88. The van der Waals surface area contributed by atoms with Crippen LogP contribution in [0.15, 0.2) is 0 Å². The van der Waals surface area contributed by atoms with Crippen LogP contribution in [0.25, 0.3) is 0 Å². The lowest BCUT2D eigenvalue weighted by atomic mass is 9.76. The van der Waals surface area contributed by atoms with Crippen LogP contribution >= 0.6 is 0 Å². The summed E-state index contributed by atoms with van der Waals surface area (Å²) >= 11 is 0. The third-order valence-corrected chi connectivity index (χ3v) is 5.50. The third-order valence-electron chi connectivity index (χ3n) is 5.50. The molecule has 3 heteroatoms. The molecule has 1 aliphatic heterocycles.